The van der Waals surface area contributed by atoms with E-state index in [0.717, 1.165) is 10.5 Å². The first-order valence-corrected chi connectivity index (χ1v) is 9.05. The van der Waals surface area contributed by atoms with Crippen LogP contribution in [0.3, 0.4) is 0 Å². The predicted octanol–water partition coefficient (Wildman–Crippen LogP) is 1.94. The zero-order valence-corrected chi connectivity index (χ0v) is 15.2. The number of hydrogen-bond donors (Lipinski definition) is 0. The zero-order chi connectivity index (χ0) is 20.0. The number of amides is 2. The summed E-state index contributed by atoms with van der Waals surface area (Å²) in [5, 5.41) is 4.39. The van der Waals surface area contributed by atoms with E-state index in [9.17, 15) is 14.4 Å². The molecule has 0 aliphatic carbocycles. The first kappa shape index (κ1) is 17.2. The van der Waals surface area contributed by atoms with Crippen molar-refractivity contribution in [2.24, 2.45) is 0 Å². The number of benzene rings is 2. The summed E-state index contributed by atoms with van der Waals surface area (Å²) in [5.74, 6) is 0.567. The smallest absolute Gasteiger partial charge is 0.266 e. The van der Waals surface area contributed by atoms with E-state index in [1.54, 1.807) is 42.5 Å². The highest BCUT2D eigenvalue weighted by atomic mass is 16.7. The fraction of sp³-hybridized carbons (Fsp3) is 0.143. The summed E-state index contributed by atoms with van der Waals surface area (Å²) in [5.41, 5.74) is 1.79. The summed E-state index contributed by atoms with van der Waals surface area (Å²) >= 11 is 0. The van der Waals surface area contributed by atoms with Crippen LogP contribution in [0.5, 0.6) is 11.5 Å². The molecule has 2 aromatic carbocycles. The van der Waals surface area contributed by atoms with Crippen molar-refractivity contribution in [3.8, 4) is 22.8 Å². The number of hydrogen-bond acceptors (Lipinski definition) is 6. The van der Waals surface area contributed by atoms with Crippen LogP contribution in [0.2, 0.25) is 0 Å². The lowest BCUT2D eigenvalue weighted by Crippen LogP contribution is -2.35. The Balaban J connectivity index is 1.39. The van der Waals surface area contributed by atoms with Gasteiger partial charge in [-0.1, -0.05) is 12.1 Å². The van der Waals surface area contributed by atoms with Crippen LogP contribution in [-0.4, -0.2) is 39.8 Å². The molecule has 0 saturated heterocycles. The Kier molecular flexibility index (Phi) is 3.90. The summed E-state index contributed by atoms with van der Waals surface area (Å²) in [6.07, 6.45) is 0. The number of nitrogens with zero attached hydrogens (tertiary/aromatic N) is 3. The van der Waals surface area contributed by atoms with Gasteiger partial charge < -0.3 is 9.47 Å². The molecule has 0 radical (unpaired) electrons. The lowest BCUT2D eigenvalue weighted by Gasteiger charge is -2.14. The Bertz CT molecular complexity index is 1180. The molecule has 8 nitrogen and oxygen atoms in total. The molecule has 29 heavy (non-hydrogen) atoms. The molecule has 2 aliphatic rings. The monoisotopic (exact) mass is 389 g/mol. The van der Waals surface area contributed by atoms with Gasteiger partial charge in [-0.3, -0.25) is 19.3 Å². The molecule has 0 fully saturated rings. The van der Waals surface area contributed by atoms with Gasteiger partial charge in [0, 0.05) is 18.2 Å². The van der Waals surface area contributed by atoms with Gasteiger partial charge in [0.15, 0.2) is 11.5 Å². The maximum absolute atomic E-state index is 12.5. The van der Waals surface area contributed by atoms with E-state index in [1.807, 2.05) is 6.07 Å². The van der Waals surface area contributed by atoms with Crippen molar-refractivity contribution in [3.63, 3.8) is 0 Å². The summed E-state index contributed by atoms with van der Waals surface area (Å²) in [6.45, 7) is 0.332. The molecule has 1 aromatic heterocycles. The minimum Gasteiger partial charge on any atom is -0.454 e. The van der Waals surface area contributed by atoms with E-state index in [-0.39, 0.29) is 37.3 Å². The van der Waals surface area contributed by atoms with Crippen LogP contribution >= 0.6 is 0 Å². The highest BCUT2D eigenvalue weighted by Crippen LogP contribution is 2.35. The van der Waals surface area contributed by atoms with Gasteiger partial charge in [0.2, 0.25) is 6.79 Å². The third-order valence-electron chi connectivity index (χ3n) is 4.95. The molecule has 0 N–H and O–H groups in total. The number of imide groups is 1. The second-order valence-corrected chi connectivity index (χ2v) is 6.66. The third kappa shape index (κ3) is 2.85. The van der Waals surface area contributed by atoms with Gasteiger partial charge in [-0.2, -0.15) is 5.10 Å². The van der Waals surface area contributed by atoms with E-state index in [2.05, 4.69) is 5.10 Å². The Morgan fingerprint density at radius 1 is 0.828 bits per heavy atom. The molecule has 8 heteroatoms. The molecular formula is C21H15N3O5. The topological polar surface area (TPSA) is 90.7 Å². The van der Waals surface area contributed by atoms with Crippen molar-refractivity contribution < 1.29 is 19.1 Å². The number of rotatable bonds is 4. The van der Waals surface area contributed by atoms with Gasteiger partial charge in [-0.05, 0) is 36.4 Å². The van der Waals surface area contributed by atoms with Crippen LogP contribution in [-0.2, 0) is 6.54 Å². The van der Waals surface area contributed by atoms with Crippen molar-refractivity contribution in [1.29, 1.82) is 0 Å². The van der Waals surface area contributed by atoms with Crippen LogP contribution in [0.25, 0.3) is 11.3 Å². The first-order valence-electron chi connectivity index (χ1n) is 9.05. The number of aromatic nitrogens is 2. The Labute approximate surface area is 164 Å². The fourth-order valence-corrected chi connectivity index (χ4v) is 3.46. The first-order chi connectivity index (χ1) is 14.1. The van der Waals surface area contributed by atoms with Crippen molar-refractivity contribution >= 4 is 11.8 Å². The van der Waals surface area contributed by atoms with E-state index in [4.69, 9.17) is 9.47 Å². The molecule has 3 aromatic rings. The molecule has 0 bridgehead atoms. The van der Waals surface area contributed by atoms with Gasteiger partial charge in [-0.25, -0.2) is 4.68 Å². The van der Waals surface area contributed by atoms with Crippen LogP contribution < -0.4 is 15.0 Å². The van der Waals surface area contributed by atoms with Crippen molar-refractivity contribution in [2.45, 2.75) is 6.54 Å². The van der Waals surface area contributed by atoms with Gasteiger partial charge >= 0.3 is 0 Å². The molecule has 0 spiro atoms. The highest BCUT2D eigenvalue weighted by molar-refractivity contribution is 6.21. The highest BCUT2D eigenvalue weighted by Gasteiger charge is 2.34. The molecule has 144 valence electrons. The summed E-state index contributed by atoms with van der Waals surface area (Å²) in [4.78, 5) is 38.4. The molecule has 0 saturated carbocycles. The maximum atomic E-state index is 12.5. The Morgan fingerprint density at radius 3 is 2.31 bits per heavy atom. The van der Waals surface area contributed by atoms with Gasteiger partial charge in [0.1, 0.15) is 0 Å². The molecule has 0 atom stereocenters. The second kappa shape index (κ2) is 6.59. The Hall–Kier alpha value is -3.94. The van der Waals surface area contributed by atoms with Gasteiger partial charge in [-0.15, -0.1) is 0 Å². The normalized spacial score (nSPS) is 14.4. The summed E-state index contributed by atoms with van der Waals surface area (Å²) in [6, 6.07) is 15.1. The molecule has 3 heterocycles. The standard InChI is InChI=1S/C21H15N3O5/c25-19-8-6-16(13-5-7-17-18(11-13)29-12-28-17)22-24(19)10-9-23-20(26)14-3-1-2-4-15(14)21(23)27/h1-8,11H,9-10,12H2. The van der Waals surface area contributed by atoms with Crippen LogP contribution in [0.1, 0.15) is 20.7 Å². The van der Waals surface area contributed by atoms with Crippen molar-refractivity contribution in [3.05, 3.63) is 76.1 Å². The number of carbonyl (C=O) groups excluding carboxylic acids is 2. The number of ether oxygens (including phenoxy) is 2. The molecule has 2 amide bonds. The SMILES string of the molecule is O=C1c2ccccc2C(=O)N1CCn1nc(-c2ccc3c(c2)OCO3)ccc1=O. The second-order valence-electron chi connectivity index (χ2n) is 6.66. The minimum absolute atomic E-state index is 0.0594. The van der Waals surface area contributed by atoms with E-state index >= 15 is 0 Å². The molecule has 5 rings (SSSR count). The molecule has 2 aliphatic heterocycles. The van der Waals surface area contributed by atoms with E-state index < -0.39 is 0 Å². The van der Waals surface area contributed by atoms with Crippen LogP contribution in [0, 0.1) is 0 Å². The summed E-state index contributed by atoms with van der Waals surface area (Å²) < 4.78 is 11.9. The molecular weight excluding hydrogens is 374 g/mol. The number of fused-ring (bicyclic) bond motifs is 2. The van der Waals surface area contributed by atoms with Gasteiger partial charge in [0.05, 0.1) is 23.4 Å². The average Bonchev–Trinajstić information content (AvgIpc) is 3.31. The maximum Gasteiger partial charge on any atom is 0.266 e. The molecule has 0 unspecified atom stereocenters. The zero-order valence-electron chi connectivity index (χ0n) is 15.2. The number of carbonyl (C=O) groups is 2. The summed E-state index contributed by atoms with van der Waals surface area (Å²) in [7, 11) is 0. The lowest BCUT2D eigenvalue weighted by molar-refractivity contribution is 0.0647. The lowest BCUT2D eigenvalue weighted by atomic mass is 10.1. The van der Waals surface area contributed by atoms with Crippen LogP contribution in [0.4, 0.5) is 0 Å². The van der Waals surface area contributed by atoms with Gasteiger partial charge in [0.25, 0.3) is 17.4 Å². The van der Waals surface area contributed by atoms with E-state index in [1.165, 1.54) is 10.7 Å². The average molecular weight is 389 g/mol. The quantitative estimate of drug-likeness (QED) is 0.634. The fourth-order valence-electron chi connectivity index (χ4n) is 3.46. The van der Waals surface area contributed by atoms with Crippen molar-refractivity contribution in [1.82, 2.24) is 14.7 Å². The van der Waals surface area contributed by atoms with Crippen LogP contribution in [0.15, 0.2) is 59.4 Å². The minimum atomic E-state index is -0.356. The predicted molar refractivity (Wildman–Crippen MR) is 102 cm³/mol. The van der Waals surface area contributed by atoms with E-state index in [0.29, 0.717) is 28.3 Å². The third-order valence-corrected chi connectivity index (χ3v) is 4.95. The Morgan fingerprint density at radius 2 is 1.55 bits per heavy atom. The largest absolute Gasteiger partial charge is 0.454 e. The van der Waals surface area contributed by atoms with Crippen molar-refractivity contribution in [2.75, 3.05) is 13.3 Å².